The summed E-state index contributed by atoms with van der Waals surface area (Å²) in [7, 11) is -2.02. The van der Waals surface area contributed by atoms with E-state index in [4.69, 9.17) is 0 Å². The van der Waals surface area contributed by atoms with Gasteiger partial charge in [-0.15, -0.1) is 0 Å². The van der Waals surface area contributed by atoms with Crippen LogP contribution in [0.3, 0.4) is 0 Å². The van der Waals surface area contributed by atoms with Crippen molar-refractivity contribution in [3.63, 3.8) is 0 Å². The number of aliphatic hydroxyl groups excluding tert-OH is 1. The Bertz CT molecular complexity index is 712. The average molecular weight is 305 g/mol. The first kappa shape index (κ1) is 15.7. The fourth-order valence-corrected chi connectivity index (χ4v) is 3.63. The predicted octanol–water partition coefficient (Wildman–Crippen LogP) is 2.31. The van der Waals surface area contributed by atoms with Gasteiger partial charge in [0.05, 0.1) is 11.5 Å². The molecule has 2 aromatic carbocycles. The number of aliphatic hydroxyl groups is 1. The molecule has 0 unspecified atom stereocenters. The van der Waals surface area contributed by atoms with Crippen LogP contribution in [0.25, 0.3) is 0 Å². The molecule has 0 saturated carbocycles. The lowest BCUT2D eigenvalue weighted by Crippen LogP contribution is -2.27. The maximum absolute atomic E-state index is 12.7. The Morgan fingerprint density at radius 2 is 1.71 bits per heavy atom. The molecule has 0 saturated heterocycles. The summed E-state index contributed by atoms with van der Waals surface area (Å²) in [5.74, 6) is 0. The van der Waals surface area contributed by atoms with Crippen molar-refractivity contribution in [1.29, 1.82) is 0 Å². The van der Waals surface area contributed by atoms with Gasteiger partial charge < -0.3 is 5.11 Å². The summed E-state index contributed by atoms with van der Waals surface area (Å²) in [6.45, 7) is 1.86. The van der Waals surface area contributed by atoms with Crippen molar-refractivity contribution in [2.75, 3.05) is 7.05 Å². The van der Waals surface area contributed by atoms with Crippen LogP contribution in [0.15, 0.2) is 53.4 Å². The van der Waals surface area contributed by atoms with Crippen LogP contribution in [0.5, 0.6) is 0 Å². The zero-order valence-corrected chi connectivity index (χ0v) is 13.0. The first-order chi connectivity index (χ1) is 9.96. The largest absolute Gasteiger partial charge is 0.392 e. The molecule has 4 nitrogen and oxygen atoms in total. The molecule has 2 aromatic rings. The van der Waals surface area contributed by atoms with Gasteiger partial charge in [-0.2, -0.15) is 4.31 Å². The molecule has 0 aromatic heterocycles. The Kier molecular flexibility index (Phi) is 4.77. The van der Waals surface area contributed by atoms with Gasteiger partial charge in [0.25, 0.3) is 0 Å². The molecule has 0 amide bonds. The Morgan fingerprint density at radius 1 is 1.05 bits per heavy atom. The summed E-state index contributed by atoms with van der Waals surface area (Å²) in [5, 5.41) is 9.27. The smallest absolute Gasteiger partial charge is 0.243 e. The van der Waals surface area contributed by atoms with E-state index in [1.54, 1.807) is 32.2 Å². The molecular weight excluding hydrogens is 286 g/mol. The zero-order valence-electron chi connectivity index (χ0n) is 12.2. The van der Waals surface area contributed by atoms with Crippen LogP contribution in [-0.2, 0) is 23.2 Å². The topological polar surface area (TPSA) is 57.6 Å². The second-order valence-corrected chi connectivity index (χ2v) is 6.96. The third-order valence-corrected chi connectivity index (χ3v) is 5.45. The molecule has 1 N–H and O–H groups in total. The van der Waals surface area contributed by atoms with Gasteiger partial charge in [0.15, 0.2) is 0 Å². The summed E-state index contributed by atoms with van der Waals surface area (Å²) in [5.41, 5.74) is 2.16. The van der Waals surface area contributed by atoms with Crippen molar-refractivity contribution in [2.45, 2.75) is 25.0 Å². The molecule has 0 spiro atoms. The van der Waals surface area contributed by atoms with Gasteiger partial charge in [0, 0.05) is 13.6 Å². The van der Waals surface area contributed by atoms with E-state index >= 15 is 0 Å². The first-order valence-corrected chi connectivity index (χ1v) is 8.10. The molecular formula is C16H19NO3S. The van der Waals surface area contributed by atoms with E-state index in [0.29, 0.717) is 17.7 Å². The van der Waals surface area contributed by atoms with Crippen LogP contribution < -0.4 is 0 Å². The van der Waals surface area contributed by atoms with Crippen molar-refractivity contribution >= 4 is 10.0 Å². The highest BCUT2D eigenvalue weighted by Gasteiger charge is 2.23. The molecule has 0 fully saturated rings. The average Bonchev–Trinajstić information content (AvgIpc) is 2.48. The summed E-state index contributed by atoms with van der Waals surface area (Å²) < 4.78 is 26.7. The normalized spacial score (nSPS) is 11.8. The maximum atomic E-state index is 12.7. The lowest BCUT2D eigenvalue weighted by atomic mass is 10.1. The second kappa shape index (κ2) is 6.39. The Morgan fingerprint density at radius 3 is 2.33 bits per heavy atom. The number of benzene rings is 2. The van der Waals surface area contributed by atoms with Gasteiger partial charge in [0.1, 0.15) is 0 Å². The van der Waals surface area contributed by atoms with Crippen LogP contribution in [0.2, 0.25) is 0 Å². The maximum Gasteiger partial charge on any atom is 0.243 e. The quantitative estimate of drug-likeness (QED) is 0.922. The van der Waals surface area contributed by atoms with Gasteiger partial charge in [0.2, 0.25) is 10.0 Å². The molecule has 112 valence electrons. The van der Waals surface area contributed by atoms with Crippen molar-refractivity contribution in [1.82, 2.24) is 4.31 Å². The van der Waals surface area contributed by atoms with Crippen LogP contribution >= 0.6 is 0 Å². The molecule has 21 heavy (non-hydrogen) atoms. The molecule has 0 aliphatic heterocycles. The van der Waals surface area contributed by atoms with E-state index < -0.39 is 10.0 Å². The molecule has 0 aliphatic rings. The highest BCUT2D eigenvalue weighted by molar-refractivity contribution is 7.89. The third kappa shape index (κ3) is 3.32. The Balaban J connectivity index is 2.34. The van der Waals surface area contributed by atoms with E-state index in [1.807, 2.05) is 30.3 Å². The standard InChI is InChI=1S/C16H19NO3S/c1-13-15(12-18)9-6-10-16(13)21(19,20)17(2)11-14-7-4-3-5-8-14/h3-10,18H,11-12H2,1-2H3. The zero-order chi connectivity index (χ0) is 15.5. The number of hydrogen-bond donors (Lipinski definition) is 1. The third-order valence-electron chi connectivity index (χ3n) is 3.50. The van der Waals surface area contributed by atoms with Gasteiger partial charge in [-0.25, -0.2) is 8.42 Å². The van der Waals surface area contributed by atoms with E-state index in [0.717, 1.165) is 5.56 Å². The number of rotatable bonds is 5. The molecule has 2 rings (SSSR count). The SMILES string of the molecule is Cc1c(CO)cccc1S(=O)(=O)N(C)Cc1ccccc1. The lowest BCUT2D eigenvalue weighted by molar-refractivity contribution is 0.280. The van der Waals surface area contributed by atoms with E-state index in [2.05, 4.69) is 0 Å². The van der Waals surface area contributed by atoms with E-state index in [-0.39, 0.29) is 11.5 Å². The fourth-order valence-electron chi connectivity index (χ4n) is 2.20. The Hall–Kier alpha value is -1.69. The first-order valence-electron chi connectivity index (χ1n) is 6.66. The van der Waals surface area contributed by atoms with Crippen LogP contribution in [0, 0.1) is 6.92 Å². The number of nitrogens with zero attached hydrogens (tertiary/aromatic N) is 1. The fraction of sp³-hybridized carbons (Fsp3) is 0.250. The van der Waals surface area contributed by atoms with Gasteiger partial charge in [-0.05, 0) is 29.7 Å². The number of hydrogen-bond acceptors (Lipinski definition) is 3. The van der Waals surface area contributed by atoms with Gasteiger partial charge in [-0.1, -0.05) is 42.5 Å². The minimum absolute atomic E-state index is 0.169. The van der Waals surface area contributed by atoms with Crippen molar-refractivity contribution in [3.8, 4) is 0 Å². The van der Waals surface area contributed by atoms with Crippen molar-refractivity contribution in [3.05, 3.63) is 65.2 Å². The summed E-state index contributed by atoms with van der Waals surface area (Å²) in [6, 6.07) is 14.4. The van der Waals surface area contributed by atoms with Gasteiger partial charge in [-0.3, -0.25) is 0 Å². The molecule has 5 heteroatoms. The van der Waals surface area contributed by atoms with Crippen LogP contribution in [-0.4, -0.2) is 24.9 Å². The Labute approximate surface area is 125 Å². The lowest BCUT2D eigenvalue weighted by Gasteiger charge is -2.19. The van der Waals surface area contributed by atoms with Crippen molar-refractivity contribution in [2.24, 2.45) is 0 Å². The minimum Gasteiger partial charge on any atom is -0.392 e. The molecule has 0 aliphatic carbocycles. The summed E-state index contributed by atoms with van der Waals surface area (Å²) in [4.78, 5) is 0.243. The summed E-state index contributed by atoms with van der Waals surface area (Å²) in [6.07, 6.45) is 0. The van der Waals surface area contributed by atoms with Gasteiger partial charge >= 0.3 is 0 Å². The van der Waals surface area contributed by atoms with Crippen LogP contribution in [0.1, 0.15) is 16.7 Å². The molecule has 0 radical (unpaired) electrons. The van der Waals surface area contributed by atoms with E-state index in [1.165, 1.54) is 4.31 Å². The molecule has 0 atom stereocenters. The summed E-state index contributed by atoms with van der Waals surface area (Å²) >= 11 is 0. The van der Waals surface area contributed by atoms with E-state index in [9.17, 15) is 13.5 Å². The molecule has 0 heterocycles. The monoisotopic (exact) mass is 305 g/mol. The number of sulfonamides is 1. The van der Waals surface area contributed by atoms with Crippen molar-refractivity contribution < 1.29 is 13.5 Å². The highest BCUT2D eigenvalue weighted by atomic mass is 32.2. The second-order valence-electron chi connectivity index (χ2n) is 4.95. The molecule has 0 bridgehead atoms. The van der Waals surface area contributed by atoms with Crippen LogP contribution in [0.4, 0.5) is 0 Å². The highest BCUT2D eigenvalue weighted by Crippen LogP contribution is 2.23. The predicted molar refractivity (Wildman–Crippen MR) is 82.2 cm³/mol. The minimum atomic E-state index is -3.58.